The fraction of sp³-hybridized carbons (Fsp3) is 0.235. The maximum absolute atomic E-state index is 5.96. The van der Waals surface area contributed by atoms with Crippen LogP contribution in [0, 0.1) is 6.92 Å². The number of hydrogen-bond donors (Lipinski definition) is 0. The average molecular weight is 285 g/mol. The van der Waals surface area contributed by atoms with E-state index in [2.05, 4.69) is 48.2 Å². The predicted octanol–water partition coefficient (Wildman–Crippen LogP) is 4.98. The summed E-state index contributed by atoms with van der Waals surface area (Å²) in [5.74, 6) is 0. The van der Waals surface area contributed by atoms with Gasteiger partial charge < -0.3 is 0 Å². The Morgan fingerprint density at radius 2 is 1.65 bits per heavy atom. The number of benzene rings is 2. The second-order valence-electron chi connectivity index (χ2n) is 5.29. The molecule has 0 aliphatic carbocycles. The topological polar surface area (TPSA) is 15.6 Å². The van der Waals surface area contributed by atoms with E-state index in [1.54, 1.807) is 0 Å². The molecular weight excluding hydrogens is 268 g/mol. The number of aryl methyl sites for hydroxylation is 1. The SMILES string of the molecule is CC1=NN(c2ccc(Cl)cc2)C(c2ccc(C)cc2)C1. The Balaban J connectivity index is 1.95. The highest BCUT2D eigenvalue weighted by Crippen LogP contribution is 2.35. The molecule has 0 saturated carbocycles. The molecule has 0 bridgehead atoms. The Morgan fingerprint density at radius 3 is 2.30 bits per heavy atom. The number of rotatable bonds is 2. The normalized spacial score (nSPS) is 18.2. The van der Waals surface area contributed by atoms with Gasteiger partial charge in [-0.05, 0) is 43.7 Å². The highest BCUT2D eigenvalue weighted by atomic mass is 35.5. The third kappa shape index (κ3) is 2.56. The standard InChI is InChI=1S/C17H17ClN2/c1-12-3-5-14(6-4-12)17-11-13(2)19-20(17)16-9-7-15(18)8-10-16/h3-10,17H,11H2,1-2H3. The number of nitrogens with zero attached hydrogens (tertiary/aromatic N) is 2. The lowest BCUT2D eigenvalue weighted by molar-refractivity contribution is 0.708. The van der Waals surface area contributed by atoms with E-state index in [9.17, 15) is 0 Å². The monoisotopic (exact) mass is 284 g/mol. The summed E-state index contributed by atoms with van der Waals surface area (Å²) in [7, 11) is 0. The summed E-state index contributed by atoms with van der Waals surface area (Å²) >= 11 is 5.96. The summed E-state index contributed by atoms with van der Waals surface area (Å²) in [6, 6.07) is 16.8. The van der Waals surface area contributed by atoms with Crippen molar-refractivity contribution < 1.29 is 0 Å². The van der Waals surface area contributed by atoms with E-state index in [4.69, 9.17) is 11.6 Å². The van der Waals surface area contributed by atoms with Crippen molar-refractivity contribution in [2.24, 2.45) is 5.10 Å². The number of hydrogen-bond acceptors (Lipinski definition) is 2. The van der Waals surface area contributed by atoms with Crippen LogP contribution in [0.5, 0.6) is 0 Å². The molecule has 0 radical (unpaired) electrons. The van der Waals surface area contributed by atoms with Gasteiger partial charge in [-0.25, -0.2) is 0 Å². The lowest BCUT2D eigenvalue weighted by atomic mass is 10.0. The summed E-state index contributed by atoms with van der Waals surface area (Å²) < 4.78 is 0. The van der Waals surface area contributed by atoms with Gasteiger partial charge in [0.05, 0.1) is 11.7 Å². The molecule has 20 heavy (non-hydrogen) atoms. The molecule has 2 aromatic carbocycles. The Bertz CT molecular complexity index is 629. The van der Waals surface area contributed by atoms with Crippen molar-refractivity contribution in [1.29, 1.82) is 0 Å². The zero-order valence-corrected chi connectivity index (χ0v) is 12.4. The first kappa shape index (κ1) is 13.2. The molecule has 1 aliphatic rings. The molecular formula is C17H17ClN2. The van der Waals surface area contributed by atoms with E-state index in [1.807, 2.05) is 24.3 Å². The molecule has 102 valence electrons. The Morgan fingerprint density at radius 1 is 1.00 bits per heavy atom. The molecule has 3 rings (SSSR count). The summed E-state index contributed by atoms with van der Waals surface area (Å²) in [5.41, 5.74) is 4.82. The zero-order chi connectivity index (χ0) is 14.1. The molecule has 0 spiro atoms. The van der Waals surface area contributed by atoms with Crippen LogP contribution >= 0.6 is 11.6 Å². The first-order valence-electron chi connectivity index (χ1n) is 6.79. The smallest absolute Gasteiger partial charge is 0.0828 e. The third-order valence-corrected chi connectivity index (χ3v) is 3.87. The van der Waals surface area contributed by atoms with Crippen LogP contribution in [0.25, 0.3) is 0 Å². The van der Waals surface area contributed by atoms with Gasteiger partial charge in [-0.3, -0.25) is 5.01 Å². The molecule has 0 fully saturated rings. The van der Waals surface area contributed by atoms with Crippen molar-refractivity contribution in [3.8, 4) is 0 Å². The van der Waals surface area contributed by atoms with Crippen molar-refractivity contribution in [1.82, 2.24) is 0 Å². The minimum absolute atomic E-state index is 0.275. The molecule has 0 N–H and O–H groups in total. The molecule has 2 aromatic rings. The van der Waals surface area contributed by atoms with E-state index in [1.165, 1.54) is 11.1 Å². The van der Waals surface area contributed by atoms with Crippen LogP contribution in [-0.4, -0.2) is 5.71 Å². The van der Waals surface area contributed by atoms with Gasteiger partial charge >= 0.3 is 0 Å². The van der Waals surface area contributed by atoms with Crippen molar-refractivity contribution in [2.45, 2.75) is 26.3 Å². The second kappa shape index (κ2) is 5.29. The maximum atomic E-state index is 5.96. The number of anilines is 1. The lowest BCUT2D eigenvalue weighted by Gasteiger charge is -2.24. The predicted molar refractivity (Wildman–Crippen MR) is 85.6 cm³/mol. The summed E-state index contributed by atoms with van der Waals surface area (Å²) in [6.45, 7) is 4.19. The van der Waals surface area contributed by atoms with E-state index in [0.717, 1.165) is 22.8 Å². The Kier molecular flexibility index (Phi) is 3.49. The molecule has 1 atom stereocenters. The van der Waals surface area contributed by atoms with E-state index >= 15 is 0 Å². The van der Waals surface area contributed by atoms with E-state index < -0.39 is 0 Å². The minimum Gasteiger partial charge on any atom is -0.258 e. The van der Waals surface area contributed by atoms with Gasteiger partial charge in [-0.2, -0.15) is 5.10 Å². The minimum atomic E-state index is 0.275. The van der Waals surface area contributed by atoms with Crippen LogP contribution in [0.1, 0.15) is 30.5 Å². The first-order valence-corrected chi connectivity index (χ1v) is 7.17. The molecule has 1 unspecified atom stereocenters. The van der Waals surface area contributed by atoms with Gasteiger partial charge in [0.2, 0.25) is 0 Å². The van der Waals surface area contributed by atoms with Crippen LogP contribution in [-0.2, 0) is 0 Å². The molecule has 0 saturated heterocycles. The highest BCUT2D eigenvalue weighted by Gasteiger charge is 2.27. The van der Waals surface area contributed by atoms with Gasteiger partial charge in [0.1, 0.15) is 0 Å². The largest absolute Gasteiger partial charge is 0.258 e. The lowest BCUT2D eigenvalue weighted by Crippen LogP contribution is -2.18. The van der Waals surface area contributed by atoms with Gasteiger partial charge in [0.25, 0.3) is 0 Å². The Hall–Kier alpha value is -1.80. The summed E-state index contributed by atoms with van der Waals surface area (Å²) in [4.78, 5) is 0. The number of hydrazone groups is 1. The second-order valence-corrected chi connectivity index (χ2v) is 5.72. The first-order chi connectivity index (χ1) is 9.63. The fourth-order valence-electron chi connectivity index (χ4n) is 2.54. The van der Waals surface area contributed by atoms with Crippen LogP contribution in [0.15, 0.2) is 53.6 Å². The quantitative estimate of drug-likeness (QED) is 0.760. The highest BCUT2D eigenvalue weighted by molar-refractivity contribution is 6.30. The average Bonchev–Trinajstić information content (AvgIpc) is 2.82. The van der Waals surface area contributed by atoms with Gasteiger partial charge in [0.15, 0.2) is 0 Å². The zero-order valence-electron chi connectivity index (χ0n) is 11.7. The van der Waals surface area contributed by atoms with Crippen LogP contribution in [0.2, 0.25) is 5.02 Å². The number of halogens is 1. The molecule has 1 aliphatic heterocycles. The third-order valence-electron chi connectivity index (χ3n) is 3.62. The fourth-order valence-corrected chi connectivity index (χ4v) is 2.67. The summed E-state index contributed by atoms with van der Waals surface area (Å²) in [5, 5.41) is 7.52. The molecule has 3 heteroatoms. The maximum Gasteiger partial charge on any atom is 0.0828 e. The molecule has 2 nitrogen and oxygen atoms in total. The van der Waals surface area contributed by atoms with Crippen molar-refractivity contribution in [2.75, 3.05) is 5.01 Å². The van der Waals surface area contributed by atoms with Crippen molar-refractivity contribution in [3.63, 3.8) is 0 Å². The van der Waals surface area contributed by atoms with Crippen molar-refractivity contribution in [3.05, 3.63) is 64.7 Å². The van der Waals surface area contributed by atoms with E-state index in [0.29, 0.717) is 0 Å². The molecule has 0 aromatic heterocycles. The Labute approximate surface area is 124 Å². The van der Waals surface area contributed by atoms with Gasteiger partial charge in [-0.15, -0.1) is 0 Å². The van der Waals surface area contributed by atoms with Crippen LogP contribution in [0.3, 0.4) is 0 Å². The van der Waals surface area contributed by atoms with E-state index in [-0.39, 0.29) is 6.04 Å². The van der Waals surface area contributed by atoms with Gasteiger partial charge in [0, 0.05) is 17.2 Å². The summed E-state index contributed by atoms with van der Waals surface area (Å²) in [6.07, 6.45) is 0.964. The molecule has 1 heterocycles. The molecule has 0 amide bonds. The van der Waals surface area contributed by atoms with Crippen LogP contribution < -0.4 is 5.01 Å². The van der Waals surface area contributed by atoms with Crippen molar-refractivity contribution >= 4 is 23.0 Å². The van der Waals surface area contributed by atoms with Gasteiger partial charge in [-0.1, -0.05) is 41.4 Å². The van der Waals surface area contributed by atoms with Crippen LogP contribution in [0.4, 0.5) is 5.69 Å².